The Morgan fingerprint density at radius 3 is 2.26 bits per heavy atom. The van der Waals surface area contributed by atoms with Crippen molar-refractivity contribution in [2.24, 2.45) is 0 Å². The summed E-state index contributed by atoms with van der Waals surface area (Å²) in [6, 6.07) is 4.48. The molecule has 0 aliphatic carbocycles. The molecule has 104 valence electrons. The lowest BCUT2D eigenvalue weighted by atomic mass is 10.3. The van der Waals surface area contributed by atoms with Gasteiger partial charge in [-0.2, -0.15) is 23.5 Å². The van der Waals surface area contributed by atoms with Crippen molar-refractivity contribution >= 4 is 29.2 Å². The smallest absolute Gasteiger partial charge is 0.273 e. The Hall–Kier alpha value is -1.08. The second-order valence-electron chi connectivity index (χ2n) is 3.81. The molecular formula is C12H15NO4S2. The lowest BCUT2D eigenvalue weighted by Crippen LogP contribution is -2.08. The number of ether oxygens (including phenoxy) is 2. The zero-order valence-corrected chi connectivity index (χ0v) is 12.0. The molecule has 0 fully saturated rings. The molecular weight excluding hydrogens is 286 g/mol. The van der Waals surface area contributed by atoms with E-state index >= 15 is 0 Å². The first-order valence-electron chi connectivity index (χ1n) is 5.97. The predicted molar refractivity (Wildman–Crippen MR) is 78.7 cm³/mol. The van der Waals surface area contributed by atoms with Crippen LogP contribution in [-0.4, -0.2) is 41.1 Å². The number of thioether (sulfide) groups is 2. The van der Waals surface area contributed by atoms with Crippen molar-refractivity contribution in [1.82, 2.24) is 0 Å². The number of hydrogen-bond acceptors (Lipinski definition) is 6. The van der Waals surface area contributed by atoms with Crippen LogP contribution in [-0.2, 0) is 0 Å². The molecule has 1 aliphatic rings. The van der Waals surface area contributed by atoms with Crippen LogP contribution in [0.4, 0.5) is 5.69 Å². The first-order valence-corrected chi connectivity index (χ1v) is 8.28. The van der Waals surface area contributed by atoms with Crippen LogP contribution in [0.3, 0.4) is 0 Å². The third-order valence-electron chi connectivity index (χ3n) is 2.48. The summed E-state index contributed by atoms with van der Waals surface area (Å²) in [7, 11) is 0. The maximum Gasteiger partial charge on any atom is 0.273 e. The predicted octanol–water partition coefficient (Wildman–Crippen LogP) is 2.83. The fourth-order valence-electron chi connectivity index (χ4n) is 1.59. The van der Waals surface area contributed by atoms with Crippen LogP contribution in [0, 0.1) is 10.1 Å². The van der Waals surface area contributed by atoms with E-state index in [1.807, 2.05) is 23.5 Å². The molecule has 7 heteroatoms. The molecule has 5 nitrogen and oxygen atoms in total. The minimum atomic E-state index is -0.426. The van der Waals surface area contributed by atoms with Gasteiger partial charge < -0.3 is 9.47 Å². The van der Waals surface area contributed by atoms with Gasteiger partial charge in [0.05, 0.1) is 24.2 Å². The number of hydrogen-bond donors (Lipinski definition) is 0. The first kappa shape index (κ1) is 14.3. The van der Waals surface area contributed by atoms with Crippen molar-refractivity contribution in [2.75, 3.05) is 36.2 Å². The third-order valence-corrected chi connectivity index (χ3v) is 4.64. The molecule has 0 saturated carbocycles. The molecule has 2 rings (SSSR count). The Labute approximate surface area is 120 Å². The minimum Gasteiger partial charge on any atom is -0.489 e. The van der Waals surface area contributed by atoms with Crippen molar-refractivity contribution in [3.05, 3.63) is 28.3 Å². The van der Waals surface area contributed by atoms with Gasteiger partial charge in [-0.05, 0) is 6.07 Å². The second-order valence-corrected chi connectivity index (χ2v) is 6.26. The number of nitro groups is 1. The SMILES string of the molecule is O=[N+]([O-])c1ccc2c(c1)OCCSCCSCCO2. The van der Waals surface area contributed by atoms with Crippen LogP contribution < -0.4 is 9.47 Å². The highest BCUT2D eigenvalue weighted by Crippen LogP contribution is 2.32. The van der Waals surface area contributed by atoms with Crippen molar-refractivity contribution in [2.45, 2.75) is 0 Å². The summed E-state index contributed by atoms with van der Waals surface area (Å²) in [5.74, 6) is 5.04. The zero-order chi connectivity index (χ0) is 13.5. The molecule has 0 spiro atoms. The van der Waals surface area contributed by atoms with E-state index in [1.165, 1.54) is 12.1 Å². The van der Waals surface area contributed by atoms with Crippen molar-refractivity contribution in [3.8, 4) is 11.5 Å². The number of nitro benzene ring substituents is 1. The molecule has 0 amide bonds. The fraction of sp³-hybridized carbons (Fsp3) is 0.500. The van der Waals surface area contributed by atoms with Crippen LogP contribution in [0.15, 0.2) is 18.2 Å². The number of non-ortho nitro benzene ring substituents is 1. The monoisotopic (exact) mass is 301 g/mol. The summed E-state index contributed by atoms with van der Waals surface area (Å²) < 4.78 is 11.2. The van der Waals surface area contributed by atoms with E-state index in [2.05, 4.69) is 0 Å². The fourth-order valence-corrected chi connectivity index (χ4v) is 3.34. The highest BCUT2D eigenvalue weighted by molar-refractivity contribution is 8.02. The van der Waals surface area contributed by atoms with Crippen molar-refractivity contribution < 1.29 is 14.4 Å². The van der Waals surface area contributed by atoms with Gasteiger partial charge in [0.15, 0.2) is 11.5 Å². The van der Waals surface area contributed by atoms with Crippen LogP contribution >= 0.6 is 23.5 Å². The molecule has 0 unspecified atom stereocenters. The summed E-state index contributed by atoms with van der Waals surface area (Å²) in [6.45, 7) is 1.12. The van der Waals surface area contributed by atoms with Gasteiger partial charge in [0, 0.05) is 29.1 Å². The topological polar surface area (TPSA) is 61.6 Å². The maximum absolute atomic E-state index is 10.8. The van der Waals surface area contributed by atoms with Crippen LogP contribution in [0.5, 0.6) is 11.5 Å². The molecule has 1 aromatic carbocycles. The molecule has 0 atom stereocenters. The van der Waals surface area contributed by atoms with Crippen LogP contribution in [0.2, 0.25) is 0 Å². The molecule has 0 aromatic heterocycles. The van der Waals surface area contributed by atoms with E-state index in [0.717, 1.165) is 23.0 Å². The summed E-state index contributed by atoms with van der Waals surface area (Å²) in [4.78, 5) is 10.3. The van der Waals surface area contributed by atoms with Gasteiger partial charge in [-0.15, -0.1) is 0 Å². The Morgan fingerprint density at radius 1 is 1.00 bits per heavy atom. The lowest BCUT2D eigenvalue weighted by Gasteiger charge is -2.13. The van der Waals surface area contributed by atoms with Gasteiger partial charge in [0.2, 0.25) is 0 Å². The Balaban J connectivity index is 2.13. The maximum atomic E-state index is 10.8. The van der Waals surface area contributed by atoms with E-state index < -0.39 is 4.92 Å². The average Bonchev–Trinajstić information content (AvgIpc) is 2.39. The zero-order valence-electron chi connectivity index (χ0n) is 10.4. The quantitative estimate of drug-likeness (QED) is 0.587. The Morgan fingerprint density at radius 2 is 1.63 bits per heavy atom. The van der Waals surface area contributed by atoms with Crippen LogP contribution in [0.25, 0.3) is 0 Å². The first-order chi connectivity index (χ1) is 9.27. The summed E-state index contributed by atoms with van der Waals surface area (Å²) in [5.41, 5.74) is 0.0245. The minimum absolute atomic E-state index is 0.0245. The van der Waals surface area contributed by atoms with E-state index in [9.17, 15) is 10.1 Å². The van der Waals surface area contributed by atoms with E-state index in [1.54, 1.807) is 6.07 Å². The standard InChI is InChI=1S/C12H15NO4S2/c14-13(15)10-1-2-11-12(9-10)17-4-6-19-8-7-18-5-3-16-11/h1-2,9H,3-8H2. The summed E-state index contributed by atoms with van der Waals surface area (Å²) in [6.07, 6.45) is 0. The normalized spacial score (nSPS) is 17.1. The van der Waals surface area contributed by atoms with Crippen molar-refractivity contribution in [3.63, 3.8) is 0 Å². The molecule has 1 aliphatic heterocycles. The van der Waals surface area contributed by atoms with Gasteiger partial charge in [-0.1, -0.05) is 0 Å². The van der Waals surface area contributed by atoms with E-state index in [0.29, 0.717) is 24.7 Å². The van der Waals surface area contributed by atoms with Gasteiger partial charge in [-0.25, -0.2) is 0 Å². The van der Waals surface area contributed by atoms with Gasteiger partial charge in [-0.3, -0.25) is 10.1 Å². The average molecular weight is 301 g/mol. The molecule has 1 aromatic rings. The second kappa shape index (κ2) is 7.49. The van der Waals surface area contributed by atoms with Crippen LogP contribution in [0.1, 0.15) is 0 Å². The molecule has 0 saturated heterocycles. The summed E-state index contributed by atoms with van der Waals surface area (Å²) in [5, 5.41) is 10.8. The highest BCUT2D eigenvalue weighted by Gasteiger charge is 2.13. The third kappa shape index (κ3) is 4.50. The number of fused-ring (bicyclic) bond motifs is 1. The molecule has 0 radical (unpaired) electrons. The van der Waals surface area contributed by atoms with E-state index in [-0.39, 0.29) is 5.69 Å². The Bertz CT molecular complexity index is 442. The molecule has 19 heavy (non-hydrogen) atoms. The highest BCUT2D eigenvalue weighted by atomic mass is 32.2. The van der Waals surface area contributed by atoms with Gasteiger partial charge in [0.1, 0.15) is 0 Å². The van der Waals surface area contributed by atoms with Gasteiger partial charge >= 0.3 is 0 Å². The molecule has 0 N–H and O–H groups in total. The van der Waals surface area contributed by atoms with Crippen molar-refractivity contribution in [1.29, 1.82) is 0 Å². The van der Waals surface area contributed by atoms with E-state index in [4.69, 9.17) is 9.47 Å². The largest absolute Gasteiger partial charge is 0.489 e. The summed E-state index contributed by atoms with van der Waals surface area (Å²) >= 11 is 3.69. The molecule has 0 bridgehead atoms. The lowest BCUT2D eigenvalue weighted by molar-refractivity contribution is -0.385. The number of nitrogens with zero attached hydrogens (tertiary/aromatic N) is 1. The molecule has 1 heterocycles. The Kier molecular flexibility index (Phi) is 5.65. The number of rotatable bonds is 1. The number of benzene rings is 1. The van der Waals surface area contributed by atoms with Gasteiger partial charge in [0.25, 0.3) is 5.69 Å².